The van der Waals surface area contributed by atoms with Crippen LogP contribution >= 0.6 is 0 Å². The van der Waals surface area contributed by atoms with Crippen molar-refractivity contribution in [2.75, 3.05) is 33.2 Å². The summed E-state index contributed by atoms with van der Waals surface area (Å²) in [5, 5.41) is 11.1. The van der Waals surface area contributed by atoms with Crippen molar-refractivity contribution in [3.05, 3.63) is 30.1 Å². The van der Waals surface area contributed by atoms with E-state index in [0.29, 0.717) is 13.0 Å². The molecule has 1 N–H and O–H groups in total. The fourth-order valence-corrected chi connectivity index (χ4v) is 4.62. The Labute approximate surface area is 163 Å². The van der Waals surface area contributed by atoms with Gasteiger partial charge in [0.15, 0.2) is 5.60 Å². The summed E-state index contributed by atoms with van der Waals surface area (Å²) in [6.07, 6.45) is 11.8. The Morgan fingerprint density at radius 1 is 1.26 bits per heavy atom. The second kappa shape index (κ2) is 9.65. The first-order valence-electron chi connectivity index (χ1n) is 10.7. The first kappa shape index (κ1) is 20.3. The number of carbonyl (C=O) groups is 1. The van der Waals surface area contributed by atoms with Gasteiger partial charge >= 0.3 is 0 Å². The number of aliphatic hydroxyl groups is 1. The van der Waals surface area contributed by atoms with Crippen LogP contribution < -0.4 is 0 Å². The lowest BCUT2D eigenvalue weighted by Crippen LogP contribution is -2.58. The number of likely N-dealkylation sites (tertiary alicyclic amines) is 1. The summed E-state index contributed by atoms with van der Waals surface area (Å²) in [7, 11) is 1.98. The molecular formula is C22H35N3O2. The molecule has 1 aromatic heterocycles. The summed E-state index contributed by atoms with van der Waals surface area (Å²) >= 11 is 0. The zero-order valence-electron chi connectivity index (χ0n) is 16.8. The average molecular weight is 374 g/mol. The third-order valence-corrected chi connectivity index (χ3v) is 6.24. The number of carbonyl (C=O) groups excluding carboxylic acids is 1. The molecule has 1 saturated heterocycles. The first-order chi connectivity index (χ1) is 13.1. The number of nitrogens with zero attached hydrogens (tertiary/aromatic N) is 3. The maximum atomic E-state index is 13.0. The highest BCUT2D eigenvalue weighted by molar-refractivity contribution is 5.86. The molecule has 0 radical (unpaired) electrons. The molecule has 1 atom stereocenters. The molecule has 5 heteroatoms. The molecule has 2 aliphatic rings. The maximum Gasteiger partial charge on any atom is 0.255 e. The number of piperidine rings is 1. The van der Waals surface area contributed by atoms with E-state index in [1.807, 2.05) is 30.1 Å². The minimum Gasteiger partial charge on any atom is -0.379 e. The van der Waals surface area contributed by atoms with Gasteiger partial charge in [0.25, 0.3) is 5.91 Å². The van der Waals surface area contributed by atoms with Gasteiger partial charge in [0.2, 0.25) is 0 Å². The quantitative estimate of drug-likeness (QED) is 0.761. The third-order valence-electron chi connectivity index (χ3n) is 6.24. The summed E-state index contributed by atoms with van der Waals surface area (Å²) < 4.78 is 0. The number of hydrogen-bond acceptors (Lipinski definition) is 4. The van der Waals surface area contributed by atoms with Crippen LogP contribution in [0.2, 0.25) is 0 Å². The van der Waals surface area contributed by atoms with Gasteiger partial charge in [-0.05, 0) is 44.4 Å². The van der Waals surface area contributed by atoms with E-state index in [1.54, 1.807) is 6.20 Å². The van der Waals surface area contributed by atoms with Gasteiger partial charge in [-0.25, -0.2) is 0 Å². The molecule has 1 amide bonds. The maximum absolute atomic E-state index is 13.0. The highest BCUT2D eigenvalue weighted by atomic mass is 16.3. The summed E-state index contributed by atoms with van der Waals surface area (Å²) in [6, 6.07) is 5.92. The Morgan fingerprint density at radius 3 is 2.81 bits per heavy atom. The highest BCUT2D eigenvalue weighted by Crippen LogP contribution is 2.28. The van der Waals surface area contributed by atoms with Crippen LogP contribution in [0.4, 0.5) is 0 Å². The number of aromatic nitrogens is 1. The minimum atomic E-state index is -1.23. The minimum absolute atomic E-state index is 0.0609. The zero-order chi connectivity index (χ0) is 19.1. The Bertz CT molecular complexity index is 588. The van der Waals surface area contributed by atoms with E-state index in [1.165, 1.54) is 32.1 Å². The second-order valence-corrected chi connectivity index (χ2v) is 8.53. The number of likely N-dealkylation sites (N-methyl/N-ethyl adjacent to an activating group) is 1. The fraction of sp³-hybridized carbons (Fsp3) is 0.727. The second-order valence-electron chi connectivity index (χ2n) is 8.53. The van der Waals surface area contributed by atoms with Gasteiger partial charge in [0, 0.05) is 44.5 Å². The summed E-state index contributed by atoms with van der Waals surface area (Å²) in [6.45, 7) is 2.79. The van der Waals surface area contributed by atoms with Gasteiger partial charge in [0.1, 0.15) is 0 Å². The Kier molecular flexibility index (Phi) is 7.25. The first-order valence-corrected chi connectivity index (χ1v) is 10.7. The number of amides is 1. The lowest BCUT2D eigenvalue weighted by Gasteiger charge is -2.40. The van der Waals surface area contributed by atoms with Crippen molar-refractivity contribution in [1.82, 2.24) is 14.8 Å². The van der Waals surface area contributed by atoms with Crippen molar-refractivity contribution in [3.63, 3.8) is 0 Å². The standard InChI is InChI=1S/C22H35N3O2/c1-24(16-12-20-10-5-6-14-23-20)18-22(27)13-7-15-25(21(22)26)17-11-19-8-3-2-4-9-19/h5-6,10,14,19,27H,2-4,7-9,11-13,15-18H2,1H3/t22-/m1/s1. The van der Waals surface area contributed by atoms with Crippen molar-refractivity contribution < 1.29 is 9.90 Å². The predicted octanol–water partition coefficient (Wildman–Crippen LogP) is 2.88. The topological polar surface area (TPSA) is 56.7 Å². The molecule has 0 aromatic carbocycles. The summed E-state index contributed by atoms with van der Waals surface area (Å²) in [5.41, 5.74) is -0.190. The molecule has 27 heavy (non-hydrogen) atoms. The third kappa shape index (κ3) is 5.76. The Morgan fingerprint density at radius 2 is 2.07 bits per heavy atom. The molecule has 0 spiro atoms. The molecule has 1 aromatic rings. The normalized spacial score (nSPS) is 24.6. The molecule has 150 valence electrons. The van der Waals surface area contributed by atoms with Gasteiger partial charge in [-0.15, -0.1) is 0 Å². The van der Waals surface area contributed by atoms with Gasteiger partial charge < -0.3 is 14.9 Å². The molecule has 5 nitrogen and oxygen atoms in total. The molecule has 2 heterocycles. The predicted molar refractivity (Wildman–Crippen MR) is 107 cm³/mol. The van der Waals surface area contributed by atoms with E-state index in [9.17, 15) is 9.90 Å². The van der Waals surface area contributed by atoms with E-state index < -0.39 is 5.60 Å². The number of pyridine rings is 1. The van der Waals surface area contributed by atoms with Crippen LogP contribution in [0.25, 0.3) is 0 Å². The van der Waals surface area contributed by atoms with Crippen LogP contribution in [0.3, 0.4) is 0 Å². The molecular weight excluding hydrogens is 338 g/mol. The van der Waals surface area contributed by atoms with Crippen LogP contribution in [0, 0.1) is 5.92 Å². The van der Waals surface area contributed by atoms with Crippen molar-refractivity contribution in [2.24, 2.45) is 5.92 Å². The van der Waals surface area contributed by atoms with Gasteiger partial charge in [-0.1, -0.05) is 38.2 Å². The van der Waals surface area contributed by atoms with Crippen molar-refractivity contribution in [2.45, 2.75) is 63.4 Å². The van der Waals surface area contributed by atoms with Crippen LogP contribution in [0.15, 0.2) is 24.4 Å². The lowest BCUT2D eigenvalue weighted by atomic mass is 9.86. The monoisotopic (exact) mass is 373 g/mol. The molecule has 1 aliphatic heterocycles. The van der Waals surface area contributed by atoms with E-state index >= 15 is 0 Å². The smallest absolute Gasteiger partial charge is 0.255 e. The van der Waals surface area contributed by atoms with E-state index in [2.05, 4.69) is 9.88 Å². The Hall–Kier alpha value is -1.46. The molecule has 2 fully saturated rings. The molecule has 1 saturated carbocycles. The van der Waals surface area contributed by atoms with E-state index in [4.69, 9.17) is 0 Å². The van der Waals surface area contributed by atoms with Crippen molar-refractivity contribution in [1.29, 1.82) is 0 Å². The van der Waals surface area contributed by atoms with E-state index in [-0.39, 0.29) is 5.91 Å². The van der Waals surface area contributed by atoms with Crippen LogP contribution in [0.1, 0.15) is 57.1 Å². The van der Waals surface area contributed by atoms with Crippen LogP contribution in [0.5, 0.6) is 0 Å². The molecule has 0 unspecified atom stereocenters. The number of rotatable bonds is 8. The number of hydrogen-bond donors (Lipinski definition) is 1. The Balaban J connectivity index is 1.48. The summed E-state index contributed by atoms with van der Waals surface area (Å²) in [5.74, 6) is 0.705. The van der Waals surface area contributed by atoms with Crippen LogP contribution in [-0.4, -0.2) is 64.6 Å². The average Bonchev–Trinajstić information content (AvgIpc) is 2.69. The van der Waals surface area contributed by atoms with Crippen LogP contribution in [-0.2, 0) is 11.2 Å². The SMILES string of the molecule is CN(CCc1ccccn1)C[C@]1(O)CCCN(CCC2CCCCC2)C1=O. The summed E-state index contributed by atoms with van der Waals surface area (Å²) in [4.78, 5) is 21.3. The highest BCUT2D eigenvalue weighted by Gasteiger charge is 2.42. The van der Waals surface area contributed by atoms with Crippen molar-refractivity contribution in [3.8, 4) is 0 Å². The fourth-order valence-electron chi connectivity index (χ4n) is 4.62. The van der Waals surface area contributed by atoms with Crippen molar-refractivity contribution >= 4 is 5.91 Å². The van der Waals surface area contributed by atoms with Gasteiger partial charge in [-0.3, -0.25) is 9.78 Å². The van der Waals surface area contributed by atoms with E-state index in [0.717, 1.165) is 50.5 Å². The molecule has 0 bridgehead atoms. The lowest BCUT2D eigenvalue weighted by molar-refractivity contribution is -0.159. The zero-order valence-corrected chi connectivity index (χ0v) is 16.8. The largest absolute Gasteiger partial charge is 0.379 e. The van der Waals surface area contributed by atoms with Gasteiger partial charge in [0.05, 0.1) is 0 Å². The molecule has 3 rings (SSSR count). The van der Waals surface area contributed by atoms with Gasteiger partial charge in [-0.2, -0.15) is 0 Å². The molecule has 1 aliphatic carbocycles.